The van der Waals surface area contributed by atoms with Crippen molar-refractivity contribution in [2.75, 3.05) is 19.8 Å². The minimum Gasteiger partial charge on any atom is -0.477 e. The van der Waals surface area contributed by atoms with Crippen LogP contribution in [0, 0.1) is 0 Å². The molecule has 0 aromatic carbocycles. The molecule has 1 aliphatic heterocycles. The number of aliphatic hydroxyl groups is 1. The molecule has 0 amide bonds. The van der Waals surface area contributed by atoms with Crippen LogP contribution in [0.25, 0.3) is 0 Å². The Kier molecular flexibility index (Phi) is 4.45. The molecule has 0 saturated carbocycles. The fourth-order valence-electron chi connectivity index (χ4n) is 2.06. The number of aromatic carboxylic acids is 1. The second kappa shape index (κ2) is 5.78. The molecule has 1 fully saturated rings. The molecule has 20 heavy (non-hydrogen) atoms. The maximum atomic E-state index is 12.3. The van der Waals surface area contributed by atoms with Gasteiger partial charge in [0, 0.05) is 13.2 Å². The van der Waals surface area contributed by atoms with E-state index in [0.717, 1.165) is 11.3 Å². The lowest BCUT2D eigenvalue weighted by Gasteiger charge is -2.35. The number of aliphatic hydroxyl groups excluding tert-OH is 1. The Hall–Kier alpha value is -1.00. The van der Waals surface area contributed by atoms with Gasteiger partial charge in [0.1, 0.15) is 9.77 Å². The van der Waals surface area contributed by atoms with Crippen molar-refractivity contribution in [2.24, 2.45) is 0 Å². The highest BCUT2D eigenvalue weighted by atomic mass is 32.2. The first kappa shape index (κ1) is 15.4. The number of ether oxygens (including phenoxy) is 1. The van der Waals surface area contributed by atoms with E-state index in [4.69, 9.17) is 9.84 Å². The van der Waals surface area contributed by atoms with Gasteiger partial charge in [0.05, 0.1) is 12.1 Å². The van der Waals surface area contributed by atoms with Gasteiger partial charge in [0.25, 0.3) is 0 Å². The lowest BCUT2D eigenvalue weighted by atomic mass is 9.93. The second-order valence-corrected chi connectivity index (χ2v) is 7.14. The van der Waals surface area contributed by atoms with E-state index in [-0.39, 0.29) is 16.4 Å². The van der Waals surface area contributed by atoms with Crippen LogP contribution in [-0.4, -0.2) is 50.0 Å². The maximum absolute atomic E-state index is 12.3. The summed E-state index contributed by atoms with van der Waals surface area (Å²) in [6.45, 7) is 0.332. The molecular formula is C11H15NO6S2. The minimum atomic E-state index is -4.00. The van der Waals surface area contributed by atoms with Crippen LogP contribution >= 0.6 is 11.3 Å². The second-order valence-electron chi connectivity index (χ2n) is 4.58. The van der Waals surface area contributed by atoms with Gasteiger partial charge in [-0.25, -0.2) is 17.9 Å². The van der Waals surface area contributed by atoms with Gasteiger partial charge in [-0.1, -0.05) is 0 Å². The van der Waals surface area contributed by atoms with Crippen molar-refractivity contribution in [2.45, 2.75) is 23.3 Å². The van der Waals surface area contributed by atoms with E-state index in [2.05, 4.69) is 4.72 Å². The molecule has 0 aliphatic carbocycles. The number of thiophene rings is 1. The number of carboxylic acids is 1. The lowest BCUT2D eigenvalue weighted by Crippen LogP contribution is -2.54. The Balaban J connectivity index is 2.30. The monoisotopic (exact) mass is 321 g/mol. The summed E-state index contributed by atoms with van der Waals surface area (Å²) in [5, 5.41) is 19.9. The van der Waals surface area contributed by atoms with Crippen molar-refractivity contribution >= 4 is 27.3 Å². The molecule has 0 radical (unpaired) electrons. The van der Waals surface area contributed by atoms with Gasteiger partial charge in [-0.05, 0) is 24.3 Å². The Morgan fingerprint density at radius 1 is 1.45 bits per heavy atom. The minimum absolute atomic E-state index is 0.238. The molecule has 1 saturated heterocycles. The molecular weight excluding hydrogens is 306 g/mol. The summed E-state index contributed by atoms with van der Waals surface area (Å²) in [6, 6.07) is 1.25. The van der Waals surface area contributed by atoms with Crippen LogP contribution in [0.5, 0.6) is 0 Å². The molecule has 0 atom stereocenters. The highest BCUT2D eigenvalue weighted by molar-refractivity contribution is 7.89. The summed E-state index contributed by atoms with van der Waals surface area (Å²) in [6.07, 6.45) is 0.685. The van der Waals surface area contributed by atoms with Crippen LogP contribution in [0.15, 0.2) is 16.3 Å². The Morgan fingerprint density at radius 3 is 2.65 bits per heavy atom. The third-order valence-corrected chi connectivity index (χ3v) is 5.87. The predicted molar refractivity (Wildman–Crippen MR) is 71.5 cm³/mol. The van der Waals surface area contributed by atoms with Gasteiger partial charge >= 0.3 is 5.97 Å². The van der Waals surface area contributed by atoms with Crippen molar-refractivity contribution in [1.29, 1.82) is 0 Å². The number of rotatable bonds is 5. The average Bonchev–Trinajstić information content (AvgIpc) is 2.89. The molecule has 1 aliphatic rings. The average molecular weight is 321 g/mol. The van der Waals surface area contributed by atoms with Gasteiger partial charge in [-0.3, -0.25) is 0 Å². The van der Waals surface area contributed by atoms with Crippen LogP contribution in [0.2, 0.25) is 0 Å². The highest BCUT2D eigenvalue weighted by Crippen LogP contribution is 2.27. The number of sulfonamides is 1. The van der Waals surface area contributed by atoms with E-state index in [1.165, 1.54) is 11.4 Å². The summed E-state index contributed by atoms with van der Waals surface area (Å²) >= 11 is 0.847. The number of nitrogens with one attached hydrogen (secondary N) is 1. The van der Waals surface area contributed by atoms with Crippen LogP contribution in [0.3, 0.4) is 0 Å². The standard InChI is InChI=1S/C11H15NO6S2/c13-7-11(2-4-18-5-3-11)12-20(16,17)8-1-6-19-9(8)10(14)15/h1,6,12-13H,2-5,7H2,(H,14,15). The van der Waals surface area contributed by atoms with Gasteiger partial charge in [-0.15, -0.1) is 11.3 Å². The Labute approximate surface area is 120 Å². The van der Waals surface area contributed by atoms with Crippen LogP contribution in [0.1, 0.15) is 22.5 Å². The Morgan fingerprint density at radius 2 is 2.10 bits per heavy atom. The van der Waals surface area contributed by atoms with Crippen LogP contribution in [-0.2, 0) is 14.8 Å². The van der Waals surface area contributed by atoms with E-state index < -0.39 is 21.5 Å². The van der Waals surface area contributed by atoms with Gasteiger partial charge in [-0.2, -0.15) is 0 Å². The lowest BCUT2D eigenvalue weighted by molar-refractivity contribution is 0.0222. The van der Waals surface area contributed by atoms with E-state index >= 15 is 0 Å². The molecule has 0 unspecified atom stereocenters. The van der Waals surface area contributed by atoms with Crippen molar-refractivity contribution in [3.05, 3.63) is 16.3 Å². The molecule has 0 bridgehead atoms. The summed E-state index contributed by atoms with van der Waals surface area (Å²) in [5.74, 6) is -1.29. The molecule has 3 N–H and O–H groups in total. The van der Waals surface area contributed by atoms with Gasteiger partial charge in [0.15, 0.2) is 0 Å². The van der Waals surface area contributed by atoms with Crippen LogP contribution < -0.4 is 4.72 Å². The van der Waals surface area contributed by atoms with E-state index in [0.29, 0.717) is 26.1 Å². The summed E-state index contributed by atoms with van der Waals surface area (Å²) in [5.41, 5.74) is -0.991. The fraction of sp³-hybridized carbons (Fsp3) is 0.545. The number of carbonyl (C=O) groups is 1. The Bertz CT molecular complexity index is 588. The largest absolute Gasteiger partial charge is 0.477 e. The number of hydrogen-bond acceptors (Lipinski definition) is 6. The third-order valence-electron chi connectivity index (χ3n) is 3.22. The number of hydrogen-bond donors (Lipinski definition) is 3. The molecule has 2 heterocycles. The quantitative estimate of drug-likeness (QED) is 0.717. The molecule has 1 aromatic rings. The number of carboxylic acid groups (broad SMARTS) is 1. The molecule has 7 nitrogen and oxygen atoms in total. The highest BCUT2D eigenvalue weighted by Gasteiger charge is 2.38. The zero-order valence-electron chi connectivity index (χ0n) is 10.5. The topological polar surface area (TPSA) is 113 Å². The molecule has 2 rings (SSSR count). The first-order valence-corrected chi connectivity index (χ1v) is 8.30. The first-order valence-electron chi connectivity index (χ1n) is 5.94. The molecule has 9 heteroatoms. The fourth-order valence-corrected chi connectivity index (χ4v) is 4.77. The predicted octanol–water partition coefficient (Wildman–Crippen LogP) is 0.266. The van der Waals surface area contributed by atoms with Crippen molar-refractivity contribution in [3.8, 4) is 0 Å². The zero-order valence-corrected chi connectivity index (χ0v) is 12.2. The van der Waals surface area contributed by atoms with E-state index in [1.54, 1.807) is 0 Å². The normalized spacial score (nSPS) is 18.9. The zero-order chi connectivity index (χ0) is 14.8. The van der Waals surface area contributed by atoms with Crippen molar-refractivity contribution in [3.63, 3.8) is 0 Å². The van der Waals surface area contributed by atoms with Gasteiger partial charge < -0.3 is 14.9 Å². The smallest absolute Gasteiger partial charge is 0.347 e. The van der Waals surface area contributed by atoms with Crippen molar-refractivity contribution in [1.82, 2.24) is 4.72 Å². The third kappa shape index (κ3) is 3.01. The van der Waals surface area contributed by atoms with Crippen LogP contribution in [0.4, 0.5) is 0 Å². The van der Waals surface area contributed by atoms with Crippen molar-refractivity contribution < 1.29 is 28.2 Å². The van der Waals surface area contributed by atoms with E-state index in [9.17, 15) is 18.3 Å². The summed E-state index contributed by atoms with van der Waals surface area (Å²) in [4.78, 5) is 10.5. The van der Waals surface area contributed by atoms with Gasteiger partial charge in [0.2, 0.25) is 10.0 Å². The molecule has 1 aromatic heterocycles. The maximum Gasteiger partial charge on any atom is 0.347 e. The van der Waals surface area contributed by atoms with E-state index in [1.807, 2.05) is 0 Å². The molecule has 112 valence electrons. The summed E-state index contributed by atoms with van der Waals surface area (Å²) < 4.78 is 32.3. The SMILES string of the molecule is O=C(O)c1sccc1S(=O)(=O)NC1(CO)CCOCC1. The summed E-state index contributed by atoms with van der Waals surface area (Å²) in [7, 11) is -4.00. The molecule has 0 spiro atoms. The first-order chi connectivity index (χ1) is 9.40.